The van der Waals surface area contributed by atoms with Gasteiger partial charge in [-0.2, -0.15) is 0 Å². The first-order chi connectivity index (χ1) is 9.95. The lowest BCUT2D eigenvalue weighted by atomic mass is 10.0. The molecule has 21 heavy (non-hydrogen) atoms. The second kappa shape index (κ2) is 4.63. The van der Waals surface area contributed by atoms with Crippen molar-refractivity contribution in [3.05, 3.63) is 52.3 Å². The quantitative estimate of drug-likeness (QED) is 0.386. The molecule has 3 rings (SSSR count). The van der Waals surface area contributed by atoms with Crippen LogP contribution in [-0.4, -0.2) is 16.7 Å². The molecule has 0 unspecified atom stereocenters. The zero-order valence-corrected chi connectivity index (χ0v) is 11.9. The molecular weight excluding hydrogens is 264 g/mol. The number of aromatic nitrogens is 1. The summed E-state index contributed by atoms with van der Waals surface area (Å²) in [6.45, 7) is 3.97. The Hall–Kier alpha value is -2.82. The Morgan fingerprint density at radius 2 is 2.05 bits per heavy atom. The third-order valence-electron chi connectivity index (χ3n) is 3.59. The van der Waals surface area contributed by atoms with Gasteiger partial charge in [0.25, 0.3) is 5.91 Å². The molecule has 1 aromatic heterocycles. The van der Waals surface area contributed by atoms with Crippen molar-refractivity contribution in [2.45, 2.75) is 13.8 Å². The van der Waals surface area contributed by atoms with E-state index < -0.39 is 0 Å². The fourth-order valence-electron chi connectivity index (χ4n) is 2.54. The molecule has 1 aliphatic rings. The molecule has 5 heteroatoms. The van der Waals surface area contributed by atoms with Crippen LogP contribution in [0.4, 0.5) is 5.69 Å². The van der Waals surface area contributed by atoms with E-state index in [0.717, 1.165) is 28.2 Å². The van der Waals surface area contributed by atoms with E-state index in [1.54, 1.807) is 18.2 Å². The summed E-state index contributed by atoms with van der Waals surface area (Å²) in [4.78, 5) is 15.4. The minimum Gasteiger partial charge on any atom is -0.384 e. The van der Waals surface area contributed by atoms with Gasteiger partial charge >= 0.3 is 0 Å². The van der Waals surface area contributed by atoms with Gasteiger partial charge in [0.2, 0.25) is 0 Å². The highest BCUT2D eigenvalue weighted by Crippen LogP contribution is 2.34. The number of benzene rings is 1. The van der Waals surface area contributed by atoms with Gasteiger partial charge in [-0.1, -0.05) is 0 Å². The van der Waals surface area contributed by atoms with Crippen molar-refractivity contribution in [2.24, 2.45) is 5.73 Å². The van der Waals surface area contributed by atoms with Gasteiger partial charge in [0.05, 0.1) is 5.57 Å². The number of nitrogen functional groups attached to an aromatic ring is 1. The standard InChI is InChI=1S/C16H16N4O/c1-8-5-9(2)19-14(8)7-12-11-6-10(15(17)18)3-4-13(11)20-16(12)21/h3-7,19H,1-2H3,(H3,17,18)(H,20,21). The highest BCUT2D eigenvalue weighted by atomic mass is 16.2. The lowest BCUT2D eigenvalue weighted by molar-refractivity contribution is -0.110. The highest BCUT2D eigenvalue weighted by Gasteiger charge is 2.25. The summed E-state index contributed by atoms with van der Waals surface area (Å²) in [6.07, 6.45) is 1.84. The molecular formula is C16H16N4O. The topological polar surface area (TPSA) is 94.8 Å². The van der Waals surface area contributed by atoms with Gasteiger partial charge < -0.3 is 16.0 Å². The maximum absolute atomic E-state index is 12.2. The van der Waals surface area contributed by atoms with E-state index in [2.05, 4.69) is 10.3 Å². The number of nitrogens with two attached hydrogens (primary N) is 1. The van der Waals surface area contributed by atoms with E-state index in [9.17, 15) is 4.79 Å². The van der Waals surface area contributed by atoms with Gasteiger partial charge in [-0.15, -0.1) is 0 Å². The van der Waals surface area contributed by atoms with Gasteiger partial charge in [0, 0.05) is 28.2 Å². The largest absolute Gasteiger partial charge is 0.384 e. The molecule has 1 amide bonds. The number of H-pyrrole nitrogens is 1. The molecule has 5 nitrogen and oxygen atoms in total. The van der Waals surface area contributed by atoms with E-state index in [0.29, 0.717) is 11.1 Å². The molecule has 1 aliphatic heterocycles. The molecule has 5 N–H and O–H groups in total. The van der Waals surface area contributed by atoms with Crippen molar-refractivity contribution in [3.8, 4) is 0 Å². The van der Waals surface area contributed by atoms with E-state index in [4.69, 9.17) is 11.1 Å². The van der Waals surface area contributed by atoms with Crippen LogP contribution in [0.1, 0.15) is 28.1 Å². The second-order valence-electron chi connectivity index (χ2n) is 5.24. The minimum absolute atomic E-state index is 0.0107. The molecule has 0 fully saturated rings. The Balaban J connectivity index is 2.13. The van der Waals surface area contributed by atoms with Crippen LogP contribution in [0.25, 0.3) is 11.6 Å². The summed E-state index contributed by atoms with van der Waals surface area (Å²) < 4.78 is 0. The zero-order chi connectivity index (χ0) is 15.1. The first-order valence-electron chi connectivity index (χ1n) is 6.64. The minimum atomic E-state index is -0.141. The van der Waals surface area contributed by atoms with Gasteiger partial charge in [-0.3, -0.25) is 10.2 Å². The fourth-order valence-corrected chi connectivity index (χ4v) is 2.54. The molecule has 1 aromatic carbocycles. The predicted octanol–water partition coefficient (Wildman–Crippen LogP) is 2.41. The maximum atomic E-state index is 12.2. The van der Waals surface area contributed by atoms with E-state index in [-0.39, 0.29) is 11.7 Å². The van der Waals surface area contributed by atoms with Crippen molar-refractivity contribution < 1.29 is 4.79 Å². The highest BCUT2D eigenvalue weighted by molar-refractivity contribution is 6.35. The first kappa shape index (κ1) is 13.2. The van der Waals surface area contributed by atoms with Gasteiger partial charge in [0.15, 0.2) is 0 Å². The van der Waals surface area contributed by atoms with Crippen molar-refractivity contribution in [1.82, 2.24) is 4.98 Å². The number of carbonyl (C=O) groups excluding carboxylic acids is 1. The van der Waals surface area contributed by atoms with Crippen LogP contribution in [-0.2, 0) is 4.79 Å². The third-order valence-corrected chi connectivity index (χ3v) is 3.59. The number of aromatic amines is 1. The Labute approximate surface area is 122 Å². The molecule has 0 atom stereocenters. The Kier molecular flexibility index (Phi) is 2.90. The Morgan fingerprint density at radius 3 is 2.67 bits per heavy atom. The number of hydrogen-bond donors (Lipinski definition) is 4. The molecule has 2 aromatic rings. The van der Waals surface area contributed by atoms with Gasteiger partial charge in [-0.25, -0.2) is 0 Å². The summed E-state index contributed by atoms with van der Waals surface area (Å²) in [7, 11) is 0. The lowest BCUT2D eigenvalue weighted by Crippen LogP contribution is -2.10. The number of nitrogens with one attached hydrogen (secondary N) is 3. The molecule has 0 saturated heterocycles. The molecule has 2 heterocycles. The number of carbonyl (C=O) groups is 1. The molecule has 0 saturated carbocycles. The number of hydrogen-bond acceptors (Lipinski definition) is 2. The smallest absolute Gasteiger partial charge is 0.256 e. The number of amidine groups is 1. The first-order valence-corrected chi connectivity index (χ1v) is 6.64. The summed E-state index contributed by atoms with van der Waals surface area (Å²) >= 11 is 0. The zero-order valence-electron chi connectivity index (χ0n) is 11.9. The Morgan fingerprint density at radius 1 is 1.29 bits per heavy atom. The van der Waals surface area contributed by atoms with Crippen molar-refractivity contribution in [1.29, 1.82) is 5.41 Å². The lowest BCUT2D eigenvalue weighted by Gasteiger charge is -2.03. The van der Waals surface area contributed by atoms with E-state index in [1.807, 2.05) is 26.0 Å². The van der Waals surface area contributed by atoms with Crippen LogP contribution < -0.4 is 11.1 Å². The summed E-state index contributed by atoms with van der Waals surface area (Å²) in [5.41, 5.74) is 11.3. The second-order valence-corrected chi connectivity index (χ2v) is 5.24. The molecule has 0 aliphatic carbocycles. The molecule has 106 valence electrons. The number of amides is 1. The monoisotopic (exact) mass is 280 g/mol. The van der Waals surface area contributed by atoms with Crippen molar-refractivity contribution >= 4 is 29.1 Å². The summed E-state index contributed by atoms with van der Waals surface area (Å²) in [6, 6.07) is 7.31. The summed E-state index contributed by atoms with van der Waals surface area (Å²) in [5.74, 6) is -0.152. The Bertz CT molecular complexity index is 799. The number of anilines is 1. The fraction of sp³-hybridized carbons (Fsp3) is 0.125. The van der Waals surface area contributed by atoms with Crippen LogP contribution in [0.5, 0.6) is 0 Å². The molecule has 0 bridgehead atoms. The SMILES string of the molecule is Cc1cc(C)c(C=C2C(=O)Nc3ccc(C(=N)N)cc32)[nH]1. The van der Waals surface area contributed by atoms with Crippen LogP contribution in [0.3, 0.4) is 0 Å². The van der Waals surface area contributed by atoms with Crippen LogP contribution in [0, 0.1) is 19.3 Å². The van der Waals surface area contributed by atoms with Crippen molar-refractivity contribution in [3.63, 3.8) is 0 Å². The van der Waals surface area contributed by atoms with Crippen LogP contribution in [0.15, 0.2) is 24.3 Å². The number of aryl methyl sites for hydroxylation is 2. The molecule has 0 radical (unpaired) electrons. The normalized spacial score (nSPS) is 15.1. The third kappa shape index (κ3) is 2.23. The van der Waals surface area contributed by atoms with E-state index in [1.165, 1.54) is 0 Å². The van der Waals surface area contributed by atoms with Crippen LogP contribution in [0.2, 0.25) is 0 Å². The number of fused-ring (bicyclic) bond motifs is 1. The predicted molar refractivity (Wildman–Crippen MR) is 84.2 cm³/mol. The van der Waals surface area contributed by atoms with Crippen LogP contribution >= 0.6 is 0 Å². The van der Waals surface area contributed by atoms with Gasteiger partial charge in [-0.05, 0) is 49.8 Å². The van der Waals surface area contributed by atoms with E-state index >= 15 is 0 Å². The van der Waals surface area contributed by atoms with Gasteiger partial charge in [0.1, 0.15) is 5.84 Å². The molecule has 0 spiro atoms. The van der Waals surface area contributed by atoms with Crippen molar-refractivity contribution in [2.75, 3.05) is 5.32 Å². The summed E-state index contributed by atoms with van der Waals surface area (Å²) in [5, 5.41) is 10.3. The number of rotatable bonds is 2. The maximum Gasteiger partial charge on any atom is 0.256 e. The average Bonchev–Trinajstić information content (AvgIpc) is 2.90. The average molecular weight is 280 g/mol.